The minimum Gasteiger partial charge on any atom is -0.496 e. The summed E-state index contributed by atoms with van der Waals surface area (Å²) in [7, 11) is 1.45. The quantitative estimate of drug-likeness (QED) is 0.371. The highest BCUT2D eigenvalue weighted by atomic mass is 19.4. The normalized spacial score (nSPS) is 11.4. The Morgan fingerprint density at radius 1 is 1.11 bits per heavy atom. The van der Waals surface area contributed by atoms with Gasteiger partial charge in [0.05, 0.1) is 12.8 Å². The van der Waals surface area contributed by atoms with Gasteiger partial charge in [-0.15, -0.1) is 0 Å². The van der Waals surface area contributed by atoms with Crippen molar-refractivity contribution < 1.29 is 36.3 Å². The Labute approximate surface area is 199 Å². The van der Waals surface area contributed by atoms with Crippen LogP contribution < -0.4 is 26.0 Å². The first kappa shape index (κ1) is 24.5. The first-order valence-electron chi connectivity index (χ1n) is 10.1. The molecule has 0 saturated carbocycles. The number of carbonyl (C=O) groups excluding carboxylic acids is 1. The van der Waals surface area contributed by atoms with Crippen LogP contribution >= 0.6 is 0 Å². The van der Waals surface area contributed by atoms with E-state index in [0.29, 0.717) is 16.9 Å². The number of oxazole rings is 1. The van der Waals surface area contributed by atoms with Gasteiger partial charge in [-0.2, -0.15) is 18.2 Å². The van der Waals surface area contributed by atoms with Gasteiger partial charge in [0.25, 0.3) is 0 Å². The van der Waals surface area contributed by atoms with Gasteiger partial charge < -0.3 is 24.6 Å². The number of halogens is 4. The second-order valence-electron chi connectivity index (χ2n) is 7.50. The molecule has 188 valence electrons. The summed E-state index contributed by atoms with van der Waals surface area (Å²) in [6.07, 6.45) is -3.86. The number of hydrogen-bond acceptors (Lipinski definition) is 9. The maximum Gasteiger partial charge on any atom is 0.493 e. The lowest BCUT2D eigenvalue weighted by atomic mass is 10.2. The summed E-state index contributed by atoms with van der Waals surface area (Å²) >= 11 is 0. The van der Waals surface area contributed by atoms with Crippen LogP contribution in [0.3, 0.4) is 0 Å². The third kappa shape index (κ3) is 4.92. The number of nitrogens with zero attached hydrogens (tertiary/aromatic N) is 3. The number of nitrogens with one attached hydrogen (secondary N) is 2. The summed E-state index contributed by atoms with van der Waals surface area (Å²) in [6, 6.07) is 6.72. The number of rotatable bonds is 6. The molecule has 2 aromatic carbocycles. The molecule has 0 atom stereocenters. The summed E-state index contributed by atoms with van der Waals surface area (Å²) in [5.41, 5.74) is 1.14. The molecule has 10 nitrogen and oxygen atoms in total. The largest absolute Gasteiger partial charge is 0.496 e. The zero-order valence-corrected chi connectivity index (χ0v) is 18.9. The van der Waals surface area contributed by atoms with E-state index < -0.39 is 23.7 Å². The predicted molar refractivity (Wildman–Crippen MR) is 119 cm³/mol. The van der Waals surface area contributed by atoms with E-state index in [2.05, 4.69) is 25.4 Å². The van der Waals surface area contributed by atoms with E-state index in [1.165, 1.54) is 43.6 Å². The van der Waals surface area contributed by atoms with E-state index in [1.54, 1.807) is 13.8 Å². The minimum absolute atomic E-state index is 0.0355. The Hall–Kier alpha value is -4.62. The number of aromatic nitrogens is 3. The van der Waals surface area contributed by atoms with Gasteiger partial charge in [0.1, 0.15) is 22.9 Å². The molecule has 0 spiro atoms. The van der Waals surface area contributed by atoms with Crippen molar-refractivity contribution in [3.8, 4) is 5.75 Å². The number of alkyl halides is 3. The second-order valence-corrected chi connectivity index (χ2v) is 7.50. The number of fused-ring (bicyclic) bond motifs is 1. The summed E-state index contributed by atoms with van der Waals surface area (Å²) in [5, 5.41) is 5.69. The lowest BCUT2D eigenvalue weighted by molar-refractivity contribution is -0.200. The van der Waals surface area contributed by atoms with Crippen molar-refractivity contribution in [2.45, 2.75) is 20.0 Å². The Morgan fingerprint density at radius 3 is 2.56 bits per heavy atom. The second kappa shape index (κ2) is 9.20. The van der Waals surface area contributed by atoms with Crippen LogP contribution in [0.2, 0.25) is 0 Å². The molecule has 0 saturated heterocycles. The molecule has 4 rings (SSSR count). The van der Waals surface area contributed by atoms with Gasteiger partial charge in [0.15, 0.2) is 5.58 Å². The van der Waals surface area contributed by atoms with E-state index >= 15 is 0 Å². The highest BCUT2D eigenvalue weighted by Crippen LogP contribution is 2.29. The summed E-state index contributed by atoms with van der Waals surface area (Å²) in [5.74, 6) is -3.71. The van der Waals surface area contributed by atoms with E-state index in [4.69, 9.17) is 9.15 Å². The topological polar surface area (TPSA) is 121 Å². The molecular formula is C22H17F4N5O5. The zero-order chi connectivity index (χ0) is 26.2. The fourth-order valence-corrected chi connectivity index (χ4v) is 3.15. The number of hydrogen-bond donors (Lipinski definition) is 2. The Morgan fingerprint density at radius 2 is 1.86 bits per heavy atom. The minimum atomic E-state index is -5.32. The van der Waals surface area contributed by atoms with Crippen LogP contribution in [0.4, 0.5) is 40.7 Å². The molecule has 36 heavy (non-hydrogen) atoms. The fraction of sp³-hybridized carbons (Fsp3) is 0.182. The lowest BCUT2D eigenvalue weighted by Crippen LogP contribution is -2.36. The van der Waals surface area contributed by atoms with Crippen LogP contribution in [-0.2, 0) is 4.79 Å². The molecule has 2 heterocycles. The maximum atomic E-state index is 14.4. The molecule has 0 aliphatic carbocycles. The number of ether oxygens (including phenoxy) is 1. The van der Waals surface area contributed by atoms with Gasteiger partial charge in [-0.25, -0.2) is 19.0 Å². The molecule has 0 radical (unpaired) electrons. The van der Waals surface area contributed by atoms with Gasteiger partial charge in [0, 0.05) is 23.5 Å². The van der Waals surface area contributed by atoms with Crippen molar-refractivity contribution in [3.05, 3.63) is 64.0 Å². The number of carbonyl (C=O) groups is 1. The van der Waals surface area contributed by atoms with Crippen LogP contribution in [0.5, 0.6) is 5.75 Å². The van der Waals surface area contributed by atoms with Gasteiger partial charge in [-0.05, 0) is 43.7 Å². The zero-order valence-electron chi connectivity index (χ0n) is 18.9. The SMILES string of the molecule is COc1cc(Nc2ncc(C)c(Nc3ccc4oc(=O)n(OC(=O)C(F)(F)F)c4c3)n2)c(F)cc1C. The third-order valence-corrected chi connectivity index (χ3v) is 4.91. The van der Waals surface area contributed by atoms with Gasteiger partial charge in [0.2, 0.25) is 5.95 Å². The molecule has 0 unspecified atom stereocenters. The molecule has 0 aliphatic heterocycles. The fourth-order valence-electron chi connectivity index (χ4n) is 3.15. The van der Waals surface area contributed by atoms with Crippen molar-refractivity contribution in [3.63, 3.8) is 0 Å². The van der Waals surface area contributed by atoms with Gasteiger partial charge in [-0.3, -0.25) is 0 Å². The Bertz CT molecular complexity index is 1530. The molecule has 0 aliphatic rings. The van der Waals surface area contributed by atoms with E-state index in [0.717, 1.165) is 0 Å². The van der Waals surface area contributed by atoms with Crippen molar-refractivity contribution in [2.75, 3.05) is 17.7 Å². The standard InChI is InChI=1S/C22H17F4N5O5/c1-10-6-13(23)14(8-17(10)34-3)29-20-27-9-11(2)18(30-20)28-12-4-5-16-15(7-12)31(21(33)35-16)36-19(32)22(24,25)26/h4-9H,1-3H3,(H2,27,28,29,30). The van der Waals surface area contributed by atoms with Crippen molar-refractivity contribution in [1.29, 1.82) is 0 Å². The monoisotopic (exact) mass is 507 g/mol. The average Bonchev–Trinajstić information content (AvgIpc) is 3.11. The average molecular weight is 507 g/mol. The van der Waals surface area contributed by atoms with Crippen molar-refractivity contribution in [1.82, 2.24) is 14.7 Å². The maximum absolute atomic E-state index is 14.4. The summed E-state index contributed by atoms with van der Waals surface area (Å²) < 4.78 is 62.3. The first-order chi connectivity index (χ1) is 17.0. The molecule has 2 aromatic heterocycles. The van der Waals surface area contributed by atoms with Crippen LogP contribution in [0.1, 0.15) is 11.1 Å². The molecule has 2 N–H and O–H groups in total. The molecule has 0 amide bonds. The number of methoxy groups -OCH3 is 1. The van der Waals surface area contributed by atoms with Gasteiger partial charge >= 0.3 is 17.9 Å². The van der Waals surface area contributed by atoms with E-state index in [9.17, 15) is 27.2 Å². The van der Waals surface area contributed by atoms with Crippen LogP contribution in [-0.4, -0.2) is 34.0 Å². The molecule has 0 bridgehead atoms. The Balaban J connectivity index is 1.63. The van der Waals surface area contributed by atoms with Gasteiger partial charge in [-0.1, -0.05) is 4.73 Å². The predicted octanol–water partition coefficient (Wildman–Crippen LogP) is 4.15. The number of anilines is 4. The third-order valence-electron chi connectivity index (χ3n) is 4.91. The number of benzene rings is 2. The molecule has 4 aromatic rings. The van der Waals surface area contributed by atoms with Crippen LogP contribution in [0.15, 0.2) is 45.7 Å². The highest BCUT2D eigenvalue weighted by Gasteiger charge is 2.42. The van der Waals surface area contributed by atoms with E-state index in [1.807, 2.05) is 0 Å². The Kier molecular flexibility index (Phi) is 6.26. The summed E-state index contributed by atoms with van der Waals surface area (Å²) in [6.45, 7) is 3.37. The highest BCUT2D eigenvalue weighted by molar-refractivity contribution is 5.81. The molecule has 0 fully saturated rings. The summed E-state index contributed by atoms with van der Waals surface area (Å²) in [4.78, 5) is 35.7. The number of aryl methyl sites for hydroxylation is 2. The van der Waals surface area contributed by atoms with Crippen LogP contribution in [0, 0.1) is 19.7 Å². The molecule has 14 heteroatoms. The van der Waals surface area contributed by atoms with Crippen LogP contribution in [0.25, 0.3) is 11.1 Å². The smallest absolute Gasteiger partial charge is 0.493 e. The molecular weight excluding hydrogens is 490 g/mol. The van der Waals surface area contributed by atoms with Crippen molar-refractivity contribution >= 4 is 40.2 Å². The van der Waals surface area contributed by atoms with Crippen molar-refractivity contribution in [2.24, 2.45) is 0 Å². The van der Waals surface area contributed by atoms with E-state index in [-0.39, 0.29) is 39.0 Å². The lowest BCUT2D eigenvalue weighted by Gasteiger charge is -2.13. The first-order valence-corrected chi connectivity index (χ1v) is 10.1.